The van der Waals surface area contributed by atoms with Crippen LogP contribution in [-0.4, -0.2) is 24.8 Å². The molecule has 0 aliphatic rings. The van der Waals surface area contributed by atoms with E-state index in [0.29, 0.717) is 0 Å². The third-order valence-electron chi connectivity index (χ3n) is 3.06. The van der Waals surface area contributed by atoms with E-state index in [9.17, 15) is 0 Å². The van der Waals surface area contributed by atoms with Gasteiger partial charge in [0.05, 0.1) is 6.61 Å². The highest BCUT2D eigenvalue weighted by Crippen LogP contribution is 2.22. The SMILES string of the molecule is COCCn1cc(CCCN)c2ccccc21. The number of nitrogens with zero attached hydrogens (tertiary/aromatic N) is 1. The highest BCUT2D eigenvalue weighted by Gasteiger charge is 2.06. The van der Waals surface area contributed by atoms with E-state index in [2.05, 4.69) is 35.0 Å². The first kappa shape index (κ1) is 12.1. The Bertz CT molecular complexity index is 434. The van der Waals surface area contributed by atoms with Gasteiger partial charge in [0.2, 0.25) is 0 Å². The Hall–Kier alpha value is -1.32. The zero-order valence-corrected chi connectivity index (χ0v) is 10.4. The van der Waals surface area contributed by atoms with Crippen molar-refractivity contribution in [3.05, 3.63) is 36.0 Å². The van der Waals surface area contributed by atoms with Gasteiger partial charge >= 0.3 is 0 Å². The fraction of sp³-hybridized carbons (Fsp3) is 0.429. The minimum atomic E-state index is 0.745. The van der Waals surface area contributed by atoms with Crippen LogP contribution in [0, 0.1) is 0 Å². The van der Waals surface area contributed by atoms with Crippen molar-refractivity contribution in [3.63, 3.8) is 0 Å². The van der Waals surface area contributed by atoms with Crippen LogP contribution in [0.4, 0.5) is 0 Å². The van der Waals surface area contributed by atoms with Crippen molar-refractivity contribution < 1.29 is 4.74 Å². The number of hydrogen-bond donors (Lipinski definition) is 1. The second-order valence-corrected chi connectivity index (χ2v) is 4.25. The largest absolute Gasteiger partial charge is 0.383 e. The van der Waals surface area contributed by atoms with E-state index in [1.54, 1.807) is 7.11 Å². The number of methoxy groups -OCH3 is 1. The zero-order chi connectivity index (χ0) is 12.1. The fourth-order valence-electron chi connectivity index (χ4n) is 2.19. The Morgan fingerprint density at radius 1 is 1.29 bits per heavy atom. The molecule has 0 atom stereocenters. The molecule has 92 valence electrons. The van der Waals surface area contributed by atoms with Gasteiger partial charge in [-0.2, -0.15) is 0 Å². The fourth-order valence-corrected chi connectivity index (χ4v) is 2.19. The molecule has 0 aliphatic heterocycles. The van der Waals surface area contributed by atoms with Gasteiger partial charge in [-0.25, -0.2) is 0 Å². The second kappa shape index (κ2) is 5.84. The van der Waals surface area contributed by atoms with Crippen LogP contribution >= 0.6 is 0 Å². The van der Waals surface area contributed by atoms with Gasteiger partial charge in [0, 0.05) is 30.8 Å². The van der Waals surface area contributed by atoms with Crippen molar-refractivity contribution >= 4 is 10.9 Å². The molecule has 0 radical (unpaired) electrons. The van der Waals surface area contributed by atoms with Crippen LogP contribution < -0.4 is 5.73 Å². The van der Waals surface area contributed by atoms with Crippen LogP contribution in [0.2, 0.25) is 0 Å². The minimum absolute atomic E-state index is 0.745. The first-order valence-corrected chi connectivity index (χ1v) is 6.12. The molecule has 0 aliphatic carbocycles. The lowest BCUT2D eigenvalue weighted by Gasteiger charge is -2.03. The number of fused-ring (bicyclic) bond motifs is 1. The van der Waals surface area contributed by atoms with Gasteiger partial charge in [-0.05, 0) is 31.0 Å². The molecule has 0 unspecified atom stereocenters. The topological polar surface area (TPSA) is 40.2 Å². The summed E-state index contributed by atoms with van der Waals surface area (Å²) in [7, 11) is 1.74. The summed E-state index contributed by atoms with van der Waals surface area (Å²) in [6.45, 7) is 2.40. The lowest BCUT2D eigenvalue weighted by molar-refractivity contribution is 0.188. The minimum Gasteiger partial charge on any atom is -0.383 e. The number of hydrogen-bond acceptors (Lipinski definition) is 2. The van der Waals surface area contributed by atoms with Gasteiger partial charge in [-0.15, -0.1) is 0 Å². The summed E-state index contributed by atoms with van der Waals surface area (Å²) in [6.07, 6.45) is 4.33. The van der Waals surface area contributed by atoms with E-state index in [1.807, 2.05) is 0 Å². The average Bonchev–Trinajstić information content (AvgIpc) is 2.72. The molecule has 3 nitrogen and oxygen atoms in total. The number of aryl methyl sites for hydroxylation is 1. The van der Waals surface area contributed by atoms with E-state index in [0.717, 1.165) is 32.5 Å². The molecule has 2 rings (SSSR count). The van der Waals surface area contributed by atoms with Crippen LogP contribution in [0.1, 0.15) is 12.0 Å². The van der Waals surface area contributed by atoms with E-state index in [1.165, 1.54) is 16.5 Å². The predicted molar refractivity (Wildman–Crippen MR) is 71.2 cm³/mol. The molecular formula is C14H20N2O. The molecule has 0 bridgehead atoms. The molecule has 1 aromatic carbocycles. The first-order valence-electron chi connectivity index (χ1n) is 6.12. The van der Waals surface area contributed by atoms with Crippen LogP contribution in [0.15, 0.2) is 30.5 Å². The van der Waals surface area contributed by atoms with Crippen molar-refractivity contribution in [3.8, 4) is 0 Å². The maximum atomic E-state index is 5.58. The summed E-state index contributed by atoms with van der Waals surface area (Å²) in [4.78, 5) is 0. The van der Waals surface area contributed by atoms with Crippen LogP contribution in [0.25, 0.3) is 10.9 Å². The van der Waals surface area contributed by atoms with Crippen molar-refractivity contribution in [2.24, 2.45) is 5.73 Å². The molecule has 1 heterocycles. The van der Waals surface area contributed by atoms with E-state index >= 15 is 0 Å². The molecule has 0 saturated heterocycles. The summed E-state index contributed by atoms with van der Waals surface area (Å²) < 4.78 is 7.41. The molecule has 2 aromatic rings. The third-order valence-corrected chi connectivity index (χ3v) is 3.06. The Morgan fingerprint density at radius 2 is 2.12 bits per heavy atom. The number of nitrogens with two attached hydrogens (primary N) is 1. The number of para-hydroxylation sites is 1. The van der Waals surface area contributed by atoms with E-state index < -0.39 is 0 Å². The zero-order valence-electron chi connectivity index (χ0n) is 10.4. The van der Waals surface area contributed by atoms with Gasteiger partial charge in [0.15, 0.2) is 0 Å². The van der Waals surface area contributed by atoms with Crippen LogP contribution in [0.5, 0.6) is 0 Å². The molecule has 1 aromatic heterocycles. The van der Waals surface area contributed by atoms with Crippen LogP contribution in [0.3, 0.4) is 0 Å². The van der Waals surface area contributed by atoms with Crippen molar-refractivity contribution in [2.45, 2.75) is 19.4 Å². The van der Waals surface area contributed by atoms with Crippen molar-refractivity contribution in [2.75, 3.05) is 20.3 Å². The Morgan fingerprint density at radius 3 is 2.88 bits per heavy atom. The summed E-state index contributed by atoms with van der Waals surface area (Å²) in [5.41, 5.74) is 8.26. The normalized spacial score (nSPS) is 11.2. The predicted octanol–water partition coefficient (Wildman–Crippen LogP) is 2.18. The van der Waals surface area contributed by atoms with Gasteiger partial charge in [0.25, 0.3) is 0 Å². The lowest BCUT2D eigenvalue weighted by atomic mass is 10.1. The molecule has 0 saturated carbocycles. The summed E-state index contributed by atoms with van der Waals surface area (Å²) in [6, 6.07) is 8.52. The van der Waals surface area contributed by atoms with Crippen LogP contribution in [-0.2, 0) is 17.7 Å². The van der Waals surface area contributed by atoms with Crippen molar-refractivity contribution in [1.29, 1.82) is 0 Å². The molecular weight excluding hydrogens is 212 g/mol. The highest BCUT2D eigenvalue weighted by molar-refractivity contribution is 5.83. The summed E-state index contributed by atoms with van der Waals surface area (Å²) >= 11 is 0. The Labute approximate surface area is 102 Å². The summed E-state index contributed by atoms with van der Waals surface area (Å²) in [5.74, 6) is 0. The van der Waals surface area contributed by atoms with Crippen molar-refractivity contribution in [1.82, 2.24) is 4.57 Å². The average molecular weight is 232 g/mol. The molecule has 17 heavy (non-hydrogen) atoms. The van der Waals surface area contributed by atoms with Gasteiger partial charge in [-0.3, -0.25) is 0 Å². The van der Waals surface area contributed by atoms with Gasteiger partial charge in [-0.1, -0.05) is 18.2 Å². The monoisotopic (exact) mass is 232 g/mol. The number of rotatable bonds is 6. The van der Waals surface area contributed by atoms with Gasteiger partial charge < -0.3 is 15.0 Å². The van der Waals surface area contributed by atoms with E-state index in [4.69, 9.17) is 10.5 Å². The molecule has 0 fully saturated rings. The lowest BCUT2D eigenvalue weighted by Crippen LogP contribution is -2.02. The second-order valence-electron chi connectivity index (χ2n) is 4.25. The van der Waals surface area contributed by atoms with E-state index in [-0.39, 0.29) is 0 Å². The quantitative estimate of drug-likeness (QED) is 0.829. The maximum absolute atomic E-state index is 5.58. The molecule has 0 amide bonds. The number of aromatic nitrogens is 1. The standard InChI is InChI=1S/C14H20N2O/c1-17-10-9-16-11-12(5-4-8-15)13-6-2-3-7-14(13)16/h2-3,6-7,11H,4-5,8-10,15H2,1H3. The molecule has 0 spiro atoms. The Balaban J connectivity index is 2.32. The number of benzene rings is 1. The summed E-state index contributed by atoms with van der Waals surface area (Å²) in [5, 5.41) is 1.34. The molecule has 3 heteroatoms. The highest BCUT2D eigenvalue weighted by atomic mass is 16.5. The first-order chi connectivity index (χ1) is 8.36. The van der Waals surface area contributed by atoms with Gasteiger partial charge in [0.1, 0.15) is 0 Å². The molecule has 2 N–H and O–H groups in total. The third kappa shape index (κ3) is 2.68. The Kier molecular flexibility index (Phi) is 4.18. The smallest absolute Gasteiger partial charge is 0.0641 e. The maximum Gasteiger partial charge on any atom is 0.0641 e. The number of ether oxygens (including phenoxy) is 1.